The largest absolute Gasteiger partial charge is 0.309 e. The first-order chi connectivity index (χ1) is 7.58. The van der Waals surface area contributed by atoms with Crippen LogP contribution in [0.15, 0.2) is 28.7 Å². The molecular weight excluding hydrogens is 276 g/mol. The van der Waals surface area contributed by atoms with Crippen molar-refractivity contribution in [3.63, 3.8) is 0 Å². The van der Waals surface area contributed by atoms with Crippen LogP contribution in [0.4, 0.5) is 8.78 Å². The Morgan fingerprint density at radius 3 is 2.88 bits per heavy atom. The fourth-order valence-corrected chi connectivity index (χ4v) is 2.53. The van der Waals surface area contributed by atoms with Crippen molar-refractivity contribution >= 4 is 15.9 Å². The van der Waals surface area contributed by atoms with Crippen molar-refractivity contribution < 1.29 is 8.78 Å². The van der Waals surface area contributed by atoms with E-state index in [1.807, 2.05) is 6.07 Å². The summed E-state index contributed by atoms with van der Waals surface area (Å²) >= 11 is 3.29. The Balaban J connectivity index is 2.07. The highest BCUT2D eigenvalue weighted by atomic mass is 79.9. The first-order valence-corrected chi connectivity index (χ1v) is 6.23. The van der Waals surface area contributed by atoms with Crippen LogP contribution in [0.3, 0.4) is 0 Å². The number of halogens is 3. The molecule has 4 heteroatoms. The van der Waals surface area contributed by atoms with Crippen LogP contribution in [0.2, 0.25) is 0 Å². The Morgan fingerprint density at radius 1 is 1.44 bits per heavy atom. The SMILES string of the molecule is FC(F)(Cc1cccc(Br)c1)C1CCCN1. The maximum Gasteiger partial charge on any atom is 0.267 e. The average molecular weight is 290 g/mol. The highest BCUT2D eigenvalue weighted by Crippen LogP contribution is 2.29. The second kappa shape index (κ2) is 4.80. The zero-order chi connectivity index (χ0) is 11.6. The van der Waals surface area contributed by atoms with Crippen molar-refractivity contribution in [2.45, 2.75) is 31.2 Å². The zero-order valence-corrected chi connectivity index (χ0v) is 10.4. The molecule has 0 bridgehead atoms. The van der Waals surface area contributed by atoms with E-state index in [4.69, 9.17) is 0 Å². The van der Waals surface area contributed by atoms with Crippen LogP contribution in [-0.2, 0) is 6.42 Å². The summed E-state index contributed by atoms with van der Waals surface area (Å²) in [4.78, 5) is 0. The molecule has 1 aromatic carbocycles. The lowest BCUT2D eigenvalue weighted by atomic mass is 10.00. The molecule has 1 aromatic rings. The minimum Gasteiger partial charge on any atom is -0.309 e. The fraction of sp³-hybridized carbons (Fsp3) is 0.500. The molecule has 88 valence electrons. The maximum atomic E-state index is 13.9. The number of benzene rings is 1. The minimum atomic E-state index is -2.66. The standard InChI is InChI=1S/C12H14BrF2N/c13-10-4-1-3-9(7-10)8-12(14,15)11-5-2-6-16-11/h1,3-4,7,11,16H,2,5-6,8H2. The number of hydrogen-bond acceptors (Lipinski definition) is 1. The average Bonchev–Trinajstić information content (AvgIpc) is 2.69. The Kier molecular flexibility index (Phi) is 3.60. The molecule has 1 heterocycles. The Bertz CT molecular complexity index is 362. The van der Waals surface area contributed by atoms with Crippen molar-refractivity contribution in [3.05, 3.63) is 34.3 Å². The van der Waals surface area contributed by atoms with E-state index in [0.717, 1.165) is 10.9 Å². The highest BCUT2D eigenvalue weighted by Gasteiger charge is 2.40. The summed E-state index contributed by atoms with van der Waals surface area (Å²) in [7, 11) is 0. The van der Waals surface area contributed by atoms with Gasteiger partial charge in [-0.05, 0) is 37.1 Å². The van der Waals surface area contributed by atoms with Gasteiger partial charge in [0.1, 0.15) is 0 Å². The molecule has 1 nitrogen and oxygen atoms in total. The lowest BCUT2D eigenvalue weighted by Gasteiger charge is -2.23. The van der Waals surface area contributed by atoms with Crippen LogP contribution in [-0.4, -0.2) is 18.5 Å². The molecule has 0 radical (unpaired) electrons. The van der Waals surface area contributed by atoms with Gasteiger partial charge in [-0.2, -0.15) is 0 Å². The number of nitrogens with one attached hydrogen (secondary N) is 1. The number of rotatable bonds is 3. The van der Waals surface area contributed by atoms with Crippen LogP contribution in [0.25, 0.3) is 0 Å². The molecule has 1 saturated heterocycles. The molecule has 0 spiro atoms. The van der Waals surface area contributed by atoms with E-state index in [0.29, 0.717) is 18.5 Å². The topological polar surface area (TPSA) is 12.0 Å². The highest BCUT2D eigenvalue weighted by molar-refractivity contribution is 9.10. The predicted octanol–water partition coefficient (Wildman–Crippen LogP) is 3.38. The zero-order valence-electron chi connectivity index (χ0n) is 8.85. The van der Waals surface area contributed by atoms with Gasteiger partial charge in [-0.15, -0.1) is 0 Å². The van der Waals surface area contributed by atoms with Gasteiger partial charge in [0.2, 0.25) is 0 Å². The van der Waals surface area contributed by atoms with E-state index in [2.05, 4.69) is 21.2 Å². The third kappa shape index (κ3) is 2.80. The first-order valence-electron chi connectivity index (χ1n) is 5.43. The molecule has 1 unspecified atom stereocenters. The van der Waals surface area contributed by atoms with Crippen LogP contribution >= 0.6 is 15.9 Å². The molecule has 0 saturated carbocycles. The van der Waals surface area contributed by atoms with Crippen LogP contribution in [0.1, 0.15) is 18.4 Å². The van der Waals surface area contributed by atoms with Crippen molar-refractivity contribution in [3.8, 4) is 0 Å². The Labute approximate surface area is 102 Å². The van der Waals surface area contributed by atoms with Gasteiger partial charge < -0.3 is 5.32 Å². The second-order valence-corrected chi connectivity index (χ2v) is 5.13. The molecule has 16 heavy (non-hydrogen) atoms. The van der Waals surface area contributed by atoms with Gasteiger partial charge in [-0.3, -0.25) is 0 Å². The molecule has 1 aliphatic rings. The molecule has 1 fully saturated rings. The summed E-state index contributed by atoms with van der Waals surface area (Å²) in [5.74, 6) is -2.66. The summed E-state index contributed by atoms with van der Waals surface area (Å²) in [5.41, 5.74) is 0.674. The molecule has 1 N–H and O–H groups in total. The third-order valence-electron chi connectivity index (χ3n) is 2.90. The van der Waals surface area contributed by atoms with Crippen molar-refractivity contribution in [1.29, 1.82) is 0 Å². The molecular formula is C12H14BrF2N. The van der Waals surface area contributed by atoms with Gasteiger partial charge >= 0.3 is 0 Å². The van der Waals surface area contributed by atoms with E-state index in [9.17, 15) is 8.78 Å². The Morgan fingerprint density at radius 2 is 2.25 bits per heavy atom. The summed E-state index contributed by atoms with van der Waals surface area (Å²) < 4.78 is 28.6. The molecule has 1 aliphatic heterocycles. The van der Waals surface area contributed by atoms with E-state index in [1.54, 1.807) is 18.2 Å². The van der Waals surface area contributed by atoms with Gasteiger partial charge in [0.25, 0.3) is 5.92 Å². The summed E-state index contributed by atoms with van der Waals surface area (Å²) in [6, 6.07) is 6.47. The normalized spacial score (nSPS) is 21.3. The van der Waals surface area contributed by atoms with E-state index in [1.165, 1.54) is 0 Å². The first kappa shape index (κ1) is 12.0. The fourth-order valence-electron chi connectivity index (χ4n) is 2.09. The van der Waals surface area contributed by atoms with Crippen molar-refractivity contribution in [2.75, 3.05) is 6.54 Å². The molecule has 2 rings (SSSR count). The number of alkyl halides is 2. The summed E-state index contributed by atoms with van der Waals surface area (Å²) in [5, 5.41) is 2.87. The third-order valence-corrected chi connectivity index (χ3v) is 3.39. The van der Waals surface area contributed by atoms with Gasteiger partial charge in [-0.1, -0.05) is 28.1 Å². The lowest BCUT2D eigenvalue weighted by Crippen LogP contribution is -2.42. The van der Waals surface area contributed by atoms with E-state index < -0.39 is 12.0 Å². The van der Waals surface area contributed by atoms with Gasteiger partial charge in [0.05, 0.1) is 6.04 Å². The molecule has 1 atom stereocenters. The van der Waals surface area contributed by atoms with Crippen LogP contribution < -0.4 is 5.32 Å². The Hall–Kier alpha value is -0.480. The summed E-state index contributed by atoms with van der Waals surface area (Å²) in [6.07, 6.45) is 1.23. The molecule has 0 aromatic heterocycles. The quantitative estimate of drug-likeness (QED) is 0.900. The maximum absolute atomic E-state index is 13.9. The van der Waals surface area contributed by atoms with Gasteiger partial charge in [0, 0.05) is 10.9 Å². The number of hydrogen-bond donors (Lipinski definition) is 1. The van der Waals surface area contributed by atoms with Crippen LogP contribution in [0, 0.1) is 0 Å². The van der Waals surface area contributed by atoms with Crippen LogP contribution in [0.5, 0.6) is 0 Å². The van der Waals surface area contributed by atoms with Gasteiger partial charge in [0.15, 0.2) is 0 Å². The van der Waals surface area contributed by atoms with Gasteiger partial charge in [-0.25, -0.2) is 8.78 Å². The van der Waals surface area contributed by atoms with E-state index >= 15 is 0 Å². The smallest absolute Gasteiger partial charge is 0.267 e. The molecule has 0 amide bonds. The monoisotopic (exact) mass is 289 g/mol. The van der Waals surface area contributed by atoms with Crippen molar-refractivity contribution in [2.24, 2.45) is 0 Å². The lowest BCUT2D eigenvalue weighted by molar-refractivity contribution is -0.0307. The minimum absolute atomic E-state index is 0.190. The summed E-state index contributed by atoms with van der Waals surface area (Å²) in [6.45, 7) is 0.707. The van der Waals surface area contributed by atoms with E-state index in [-0.39, 0.29) is 6.42 Å². The van der Waals surface area contributed by atoms with Crippen molar-refractivity contribution in [1.82, 2.24) is 5.32 Å². The molecule has 0 aliphatic carbocycles. The second-order valence-electron chi connectivity index (χ2n) is 4.22. The predicted molar refractivity (Wildman–Crippen MR) is 63.8 cm³/mol.